The van der Waals surface area contributed by atoms with Gasteiger partial charge in [-0.25, -0.2) is 4.98 Å². The summed E-state index contributed by atoms with van der Waals surface area (Å²) in [6, 6.07) is 5.59. The van der Waals surface area contributed by atoms with E-state index in [2.05, 4.69) is 15.3 Å². The van der Waals surface area contributed by atoms with Crippen molar-refractivity contribution in [1.82, 2.24) is 10.3 Å². The molecule has 17 nitrogen and oxygen atoms in total. The van der Waals surface area contributed by atoms with E-state index in [-0.39, 0.29) is 58.3 Å². The van der Waals surface area contributed by atoms with E-state index in [0.29, 0.717) is 11.1 Å². The summed E-state index contributed by atoms with van der Waals surface area (Å²) in [5.74, 6) is -5.53. The van der Waals surface area contributed by atoms with Crippen LogP contribution in [-0.2, 0) is 24.3 Å². The zero-order valence-corrected chi connectivity index (χ0v) is 27.4. The van der Waals surface area contributed by atoms with Crippen LogP contribution in [0.2, 0.25) is 0 Å². The molecule has 0 bridgehead atoms. The number of pyridine rings is 1. The number of phenolic OH excluding ortho intramolecular Hbond substituents is 1. The Morgan fingerprint density at radius 3 is 2.42 bits per heavy atom. The van der Waals surface area contributed by atoms with Gasteiger partial charge in [-0.3, -0.25) is 14.6 Å². The molecule has 2 aliphatic rings. The lowest BCUT2D eigenvalue weighted by molar-refractivity contribution is -0.419. The number of aliphatic hydroxyl groups excluding tert-OH is 4. The summed E-state index contributed by atoms with van der Waals surface area (Å²) in [5, 5.41) is 79.8. The normalized spacial score (nSPS) is 24.8. The monoisotopic (exact) mass is 697 g/mol. The quantitative estimate of drug-likeness (QED) is 0.0665. The van der Waals surface area contributed by atoms with Crippen LogP contribution in [0.5, 0.6) is 17.2 Å². The number of guanidine groups is 1. The van der Waals surface area contributed by atoms with Gasteiger partial charge in [0.15, 0.2) is 11.7 Å². The van der Waals surface area contributed by atoms with Gasteiger partial charge in [0.1, 0.15) is 47.5 Å². The molecule has 2 heterocycles. The lowest BCUT2D eigenvalue weighted by Crippen LogP contribution is -2.74. The summed E-state index contributed by atoms with van der Waals surface area (Å²) in [5.41, 5.74) is 8.56. The number of nitrogen functional groups attached to an aromatic ring is 1. The minimum atomic E-state index is -2.93. The molecule has 1 aromatic heterocycles. The number of nitrogens with zero attached hydrogens (tertiary/aromatic N) is 2. The molecule has 3 aromatic rings. The Bertz CT molecular complexity index is 1870. The fourth-order valence-corrected chi connectivity index (χ4v) is 6.32. The number of hydrogen-bond donors (Lipinski definition) is 10. The number of ketones is 2. The van der Waals surface area contributed by atoms with Crippen molar-refractivity contribution in [3.8, 4) is 17.2 Å². The highest BCUT2D eigenvalue weighted by Crippen LogP contribution is 2.46. The molecule has 50 heavy (non-hydrogen) atoms. The van der Waals surface area contributed by atoms with Crippen LogP contribution in [0.4, 0.5) is 5.82 Å². The number of benzene rings is 2. The number of rotatable bonds is 10. The first-order valence-corrected chi connectivity index (χ1v) is 15.4. The number of ether oxygens (including phenoxy) is 3. The molecule has 5 rings (SSSR count). The molecule has 0 spiro atoms. The zero-order valence-electron chi connectivity index (χ0n) is 27.4. The Labute approximate surface area is 285 Å². The van der Waals surface area contributed by atoms with E-state index in [1.807, 2.05) is 0 Å². The number of carbonyl (C=O) groups is 2. The van der Waals surface area contributed by atoms with Gasteiger partial charge in [0.2, 0.25) is 17.9 Å². The third kappa shape index (κ3) is 5.98. The first-order valence-electron chi connectivity index (χ1n) is 15.4. The van der Waals surface area contributed by atoms with Gasteiger partial charge in [-0.1, -0.05) is 0 Å². The summed E-state index contributed by atoms with van der Waals surface area (Å²) < 4.78 is 16.8. The van der Waals surface area contributed by atoms with E-state index in [1.165, 1.54) is 32.5 Å². The largest absolute Gasteiger partial charge is 0.507 e. The number of aromatic nitrogens is 1. The number of aromatic hydroxyl groups is 1. The smallest absolute Gasteiger partial charge is 0.231 e. The number of nitrogens with two attached hydrogens (primary N) is 2. The molecule has 1 aliphatic carbocycles. The fraction of sp³-hybridized carbons (Fsp3) is 0.394. The molecule has 2 aromatic carbocycles. The van der Waals surface area contributed by atoms with Gasteiger partial charge in [0, 0.05) is 48.1 Å². The number of nitrogens with one attached hydrogen (secondary N) is 1. The molecule has 12 N–H and O–H groups in total. The molecule has 17 heteroatoms. The zero-order chi connectivity index (χ0) is 36.7. The Morgan fingerprint density at radius 1 is 1.08 bits per heavy atom. The summed E-state index contributed by atoms with van der Waals surface area (Å²) in [7, 11) is 2.67. The molecule has 1 saturated heterocycles. The summed E-state index contributed by atoms with van der Waals surface area (Å²) >= 11 is 0. The van der Waals surface area contributed by atoms with Crippen molar-refractivity contribution in [3.63, 3.8) is 0 Å². The standard InChI is InChI=1S/C33H39N5O12/c1-14-8-16-23(26(42)17(14)11-38-31(35)36-2)27(43)24-20(10-19(48-3)18(12-39)22(24)25(16)41)49-30-28(44)29(45)32(46,33(47,13-40)50-30)6-4-15-5-7-37-21(34)9-15/h5,7-10,28-30,39-40,42,44-47H,4,6,11-13H2,1-3H3,(H2,34,37)(H3,35,36,38)/t28-,29-,30-,32+,33-/m1/s1. The minimum absolute atomic E-state index is 0.00808. The molecule has 0 radical (unpaired) electrons. The van der Waals surface area contributed by atoms with Gasteiger partial charge in [-0.05, 0) is 49.1 Å². The number of hydrogen-bond acceptors (Lipinski definition) is 15. The maximum absolute atomic E-state index is 14.3. The molecule has 5 atom stereocenters. The summed E-state index contributed by atoms with van der Waals surface area (Å²) in [6.45, 7) is -0.490. The van der Waals surface area contributed by atoms with Gasteiger partial charge in [-0.2, -0.15) is 0 Å². The number of anilines is 1. The van der Waals surface area contributed by atoms with Gasteiger partial charge in [-0.15, -0.1) is 0 Å². The maximum Gasteiger partial charge on any atom is 0.231 e. The predicted molar refractivity (Wildman–Crippen MR) is 174 cm³/mol. The van der Waals surface area contributed by atoms with Gasteiger partial charge in [0.25, 0.3) is 0 Å². The molecule has 268 valence electrons. The molecule has 0 amide bonds. The first kappa shape index (κ1) is 36.4. The number of aryl methyl sites for hydroxylation is 2. The maximum atomic E-state index is 14.3. The molecular formula is C33H39N5O12. The van der Waals surface area contributed by atoms with E-state index in [1.54, 1.807) is 13.0 Å². The molecular weight excluding hydrogens is 658 g/mol. The van der Waals surface area contributed by atoms with Crippen molar-refractivity contribution < 1.29 is 59.5 Å². The summed E-state index contributed by atoms with van der Waals surface area (Å²) in [4.78, 5) is 36.0. The SMILES string of the molecule is CN=C(N)NCc1c(C)cc2c(c1O)C(=O)c1c(O[C@@H]3O[C@](O)(CO)[C@](O)(CCc4ccnc(N)c4)[C@H](O)[C@H]3O)cc(OC)c(CO)c1C2=O. The lowest BCUT2D eigenvalue weighted by atomic mass is 9.77. The Balaban J connectivity index is 1.57. The van der Waals surface area contributed by atoms with Crippen molar-refractivity contribution in [2.24, 2.45) is 10.7 Å². The van der Waals surface area contributed by atoms with Crippen LogP contribution in [0, 0.1) is 6.92 Å². The number of carbonyl (C=O) groups excluding carboxylic acids is 2. The topological polar surface area (TPSA) is 293 Å². The first-order chi connectivity index (χ1) is 23.7. The van der Waals surface area contributed by atoms with Crippen LogP contribution in [0.3, 0.4) is 0 Å². The number of fused-ring (bicyclic) bond motifs is 2. The molecule has 0 saturated carbocycles. The van der Waals surface area contributed by atoms with E-state index in [0.717, 1.165) is 6.07 Å². The van der Waals surface area contributed by atoms with Crippen LogP contribution >= 0.6 is 0 Å². The molecule has 0 unspecified atom stereocenters. The second-order valence-corrected chi connectivity index (χ2v) is 12.0. The third-order valence-corrected chi connectivity index (χ3v) is 9.15. The van der Waals surface area contributed by atoms with Crippen LogP contribution < -0.4 is 26.3 Å². The Morgan fingerprint density at radius 2 is 1.80 bits per heavy atom. The van der Waals surface area contributed by atoms with Crippen molar-refractivity contribution in [2.75, 3.05) is 26.5 Å². The third-order valence-electron chi connectivity index (χ3n) is 9.15. The van der Waals surface area contributed by atoms with Crippen molar-refractivity contribution in [1.29, 1.82) is 0 Å². The van der Waals surface area contributed by atoms with E-state index >= 15 is 0 Å². The van der Waals surface area contributed by atoms with Crippen LogP contribution in [0.15, 0.2) is 35.5 Å². The predicted octanol–water partition coefficient (Wildman–Crippen LogP) is -1.51. The Hall–Kier alpha value is -4.88. The van der Waals surface area contributed by atoms with Crippen LogP contribution in [0.25, 0.3) is 0 Å². The van der Waals surface area contributed by atoms with Gasteiger partial charge in [0.05, 0.1) is 24.8 Å². The van der Waals surface area contributed by atoms with Crippen molar-refractivity contribution >= 4 is 23.3 Å². The van der Waals surface area contributed by atoms with Gasteiger partial charge >= 0.3 is 0 Å². The average Bonchev–Trinajstić information content (AvgIpc) is 3.10. The van der Waals surface area contributed by atoms with E-state index in [4.69, 9.17) is 25.7 Å². The number of methoxy groups -OCH3 is 1. The highest BCUT2D eigenvalue weighted by atomic mass is 16.8. The van der Waals surface area contributed by atoms with E-state index < -0.39 is 78.1 Å². The number of phenols is 1. The second-order valence-electron chi connectivity index (χ2n) is 12.0. The van der Waals surface area contributed by atoms with Gasteiger partial charge < -0.3 is 66.7 Å². The fourth-order valence-electron chi connectivity index (χ4n) is 6.32. The van der Waals surface area contributed by atoms with Crippen LogP contribution in [0.1, 0.15) is 60.5 Å². The number of aliphatic hydroxyl groups is 6. The highest BCUT2D eigenvalue weighted by molar-refractivity contribution is 6.31. The lowest BCUT2D eigenvalue weighted by Gasteiger charge is -2.52. The molecule has 1 aliphatic heterocycles. The highest BCUT2D eigenvalue weighted by Gasteiger charge is 2.64. The summed E-state index contributed by atoms with van der Waals surface area (Å²) in [6.07, 6.45) is -5.43. The second kappa shape index (κ2) is 13.8. The number of aliphatic imine (C=N–C) groups is 1. The van der Waals surface area contributed by atoms with E-state index in [9.17, 15) is 45.3 Å². The molecule has 1 fully saturated rings. The average molecular weight is 698 g/mol. The van der Waals surface area contributed by atoms with Crippen molar-refractivity contribution in [3.05, 3.63) is 75.0 Å². The van der Waals surface area contributed by atoms with Crippen molar-refractivity contribution in [2.45, 2.75) is 62.8 Å². The minimum Gasteiger partial charge on any atom is -0.507 e. The Kier molecular flexibility index (Phi) is 10.0. The van der Waals surface area contributed by atoms with Crippen LogP contribution in [-0.4, -0.2) is 109 Å².